The van der Waals surface area contributed by atoms with E-state index in [0.29, 0.717) is 17.7 Å². The van der Waals surface area contributed by atoms with Crippen LogP contribution in [-0.4, -0.2) is 31.3 Å². The standard InChI is InChI=1S/C22H27N3O3/c1-22(2,3)18-11-9-17(10-12-18)21(28)25-14-19(26)24-13-15-5-7-16(8-6-15)20(27)23-4/h5-12H,13-14H2,1-4H3,(H,23,27)(H,24,26)(H,25,28). The van der Waals surface area contributed by atoms with Crippen LogP contribution in [0.15, 0.2) is 48.5 Å². The summed E-state index contributed by atoms with van der Waals surface area (Å²) >= 11 is 0. The Balaban J connectivity index is 1.80. The van der Waals surface area contributed by atoms with Crippen molar-refractivity contribution >= 4 is 17.7 Å². The monoisotopic (exact) mass is 381 g/mol. The second kappa shape index (κ2) is 9.17. The van der Waals surface area contributed by atoms with Gasteiger partial charge in [-0.1, -0.05) is 45.0 Å². The summed E-state index contributed by atoms with van der Waals surface area (Å²) in [5.74, 6) is -0.727. The Bertz CT molecular complexity index is 835. The highest BCUT2D eigenvalue weighted by Crippen LogP contribution is 2.22. The summed E-state index contributed by atoms with van der Waals surface area (Å²) < 4.78 is 0. The molecule has 2 rings (SSSR count). The SMILES string of the molecule is CNC(=O)c1ccc(CNC(=O)CNC(=O)c2ccc(C(C)(C)C)cc2)cc1. The third-order valence-corrected chi connectivity index (χ3v) is 4.36. The topological polar surface area (TPSA) is 87.3 Å². The fourth-order valence-corrected chi connectivity index (χ4v) is 2.57. The van der Waals surface area contributed by atoms with Gasteiger partial charge in [-0.2, -0.15) is 0 Å². The lowest BCUT2D eigenvalue weighted by Gasteiger charge is -2.19. The maximum Gasteiger partial charge on any atom is 0.251 e. The molecule has 0 bridgehead atoms. The molecule has 148 valence electrons. The minimum Gasteiger partial charge on any atom is -0.355 e. The number of rotatable bonds is 6. The molecule has 3 N–H and O–H groups in total. The van der Waals surface area contributed by atoms with E-state index in [-0.39, 0.29) is 29.7 Å². The third kappa shape index (κ3) is 5.94. The van der Waals surface area contributed by atoms with Gasteiger partial charge in [-0.3, -0.25) is 14.4 Å². The molecule has 0 heterocycles. The molecule has 2 aromatic rings. The zero-order chi connectivity index (χ0) is 20.7. The van der Waals surface area contributed by atoms with E-state index in [1.54, 1.807) is 43.4 Å². The Hall–Kier alpha value is -3.15. The number of hydrogen-bond acceptors (Lipinski definition) is 3. The van der Waals surface area contributed by atoms with Gasteiger partial charge < -0.3 is 16.0 Å². The zero-order valence-electron chi connectivity index (χ0n) is 16.8. The number of nitrogens with one attached hydrogen (secondary N) is 3. The van der Waals surface area contributed by atoms with Crippen molar-refractivity contribution in [1.29, 1.82) is 0 Å². The maximum atomic E-state index is 12.2. The summed E-state index contributed by atoms with van der Waals surface area (Å²) in [5, 5.41) is 7.92. The van der Waals surface area contributed by atoms with Crippen molar-refractivity contribution in [1.82, 2.24) is 16.0 Å². The Morgan fingerprint density at radius 3 is 1.86 bits per heavy atom. The highest BCUT2D eigenvalue weighted by Gasteiger charge is 2.14. The summed E-state index contributed by atoms with van der Waals surface area (Å²) in [5.41, 5.74) is 3.11. The predicted molar refractivity (Wildman–Crippen MR) is 109 cm³/mol. The van der Waals surface area contributed by atoms with Crippen LogP contribution in [0, 0.1) is 0 Å². The van der Waals surface area contributed by atoms with Crippen molar-refractivity contribution in [2.45, 2.75) is 32.7 Å². The van der Waals surface area contributed by atoms with Crippen molar-refractivity contribution in [2.24, 2.45) is 0 Å². The molecule has 2 aromatic carbocycles. The quantitative estimate of drug-likeness (QED) is 0.718. The van der Waals surface area contributed by atoms with Gasteiger partial charge in [0.2, 0.25) is 5.91 Å². The maximum absolute atomic E-state index is 12.2. The van der Waals surface area contributed by atoms with Gasteiger partial charge in [-0.25, -0.2) is 0 Å². The lowest BCUT2D eigenvalue weighted by Crippen LogP contribution is -2.36. The summed E-state index contributed by atoms with van der Waals surface area (Å²) in [6.07, 6.45) is 0. The molecule has 6 nitrogen and oxygen atoms in total. The van der Waals surface area contributed by atoms with Crippen LogP contribution in [-0.2, 0) is 16.8 Å². The van der Waals surface area contributed by atoms with Gasteiger partial charge in [0.1, 0.15) is 0 Å². The van der Waals surface area contributed by atoms with E-state index >= 15 is 0 Å². The molecule has 0 fully saturated rings. The second-order valence-electron chi connectivity index (χ2n) is 7.56. The molecular weight excluding hydrogens is 354 g/mol. The summed E-state index contributed by atoms with van der Waals surface area (Å²) in [7, 11) is 1.57. The lowest BCUT2D eigenvalue weighted by atomic mass is 9.87. The van der Waals surface area contributed by atoms with Crippen molar-refractivity contribution in [3.05, 3.63) is 70.8 Å². The van der Waals surface area contributed by atoms with E-state index in [0.717, 1.165) is 11.1 Å². The van der Waals surface area contributed by atoms with Crippen molar-refractivity contribution in [3.63, 3.8) is 0 Å². The first-order valence-electron chi connectivity index (χ1n) is 9.17. The fraction of sp³-hybridized carbons (Fsp3) is 0.318. The minimum atomic E-state index is -0.287. The van der Waals surface area contributed by atoms with Crippen molar-refractivity contribution in [3.8, 4) is 0 Å². The van der Waals surface area contributed by atoms with Crippen LogP contribution < -0.4 is 16.0 Å². The molecule has 6 heteroatoms. The number of carbonyl (C=O) groups is 3. The lowest BCUT2D eigenvalue weighted by molar-refractivity contribution is -0.120. The van der Waals surface area contributed by atoms with E-state index in [1.807, 2.05) is 12.1 Å². The van der Waals surface area contributed by atoms with E-state index in [2.05, 4.69) is 36.7 Å². The largest absolute Gasteiger partial charge is 0.355 e. The average molecular weight is 381 g/mol. The van der Waals surface area contributed by atoms with Crippen LogP contribution in [0.5, 0.6) is 0 Å². The molecule has 0 aromatic heterocycles. The first kappa shape index (κ1) is 21.2. The summed E-state index contributed by atoms with van der Waals surface area (Å²) in [6.45, 7) is 6.55. The van der Waals surface area contributed by atoms with E-state index in [9.17, 15) is 14.4 Å². The van der Waals surface area contributed by atoms with Crippen molar-refractivity contribution in [2.75, 3.05) is 13.6 Å². The van der Waals surface area contributed by atoms with Crippen LogP contribution in [0.1, 0.15) is 52.6 Å². The molecule has 0 spiro atoms. The number of carbonyl (C=O) groups excluding carboxylic acids is 3. The third-order valence-electron chi connectivity index (χ3n) is 4.36. The minimum absolute atomic E-state index is 0.0213. The molecule has 0 atom stereocenters. The molecule has 0 unspecified atom stereocenters. The Kier molecular flexibility index (Phi) is 6.93. The molecular formula is C22H27N3O3. The van der Waals surface area contributed by atoms with Crippen LogP contribution >= 0.6 is 0 Å². The Morgan fingerprint density at radius 2 is 1.32 bits per heavy atom. The number of hydrogen-bond donors (Lipinski definition) is 3. The smallest absolute Gasteiger partial charge is 0.251 e. The Labute approximate surface area is 165 Å². The average Bonchev–Trinajstić information content (AvgIpc) is 2.69. The van der Waals surface area contributed by atoms with E-state index in [4.69, 9.17) is 0 Å². The van der Waals surface area contributed by atoms with Crippen molar-refractivity contribution < 1.29 is 14.4 Å². The molecule has 0 saturated heterocycles. The first-order valence-corrected chi connectivity index (χ1v) is 9.17. The highest BCUT2D eigenvalue weighted by atomic mass is 16.2. The number of amides is 3. The molecule has 0 aliphatic heterocycles. The normalized spacial score (nSPS) is 10.9. The van der Waals surface area contributed by atoms with E-state index in [1.165, 1.54) is 0 Å². The molecule has 0 aliphatic rings. The zero-order valence-corrected chi connectivity index (χ0v) is 16.8. The van der Waals surface area contributed by atoms with Gasteiger partial charge in [0.15, 0.2) is 0 Å². The second-order valence-corrected chi connectivity index (χ2v) is 7.56. The van der Waals surface area contributed by atoms with Crippen LogP contribution in [0.3, 0.4) is 0 Å². The molecule has 3 amide bonds. The van der Waals surface area contributed by atoms with Crippen LogP contribution in [0.2, 0.25) is 0 Å². The summed E-state index contributed by atoms with van der Waals surface area (Å²) in [4.78, 5) is 35.7. The summed E-state index contributed by atoms with van der Waals surface area (Å²) in [6, 6.07) is 14.3. The van der Waals surface area contributed by atoms with Gasteiger partial charge >= 0.3 is 0 Å². The highest BCUT2D eigenvalue weighted by molar-refractivity contribution is 5.96. The van der Waals surface area contributed by atoms with Gasteiger partial charge in [-0.15, -0.1) is 0 Å². The molecule has 28 heavy (non-hydrogen) atoms. The van der Waals surface area contributed by atoms with Gasteiger partial charge in [-0.05, 0) is 40.8 Å². The molecule has 0 aliphatic carbocycles. The van der Waals surface area contributed by atoms with Crippen LogP contribution in [0.25, 0.3) is 0 Å². The molecule has 0 radical (unpaired) electrons. The fourth-order valence-electron chi connectivity index (χ4n) is 2.57. The van der Waals surface area contributed by atoms with Crippen LogP contribution in [0.4, 0.5) is 0 Å². The predicted octanol–water partition coefficient (Wildman–Crippen LogP) is 2.39. The first-order chi connectivity index (χ1) is 13.2. The van der Waals surface area contributed by atoms with Gasteiger partial charge in [0, 0.05) is 24.7 Å². The van der Waals surface area contributed by atoms with Gasteiger partial charge in [0.05, 0.1) is 6.54 Å². The Morgan fingerprint density at radius 1 is 0.786 bits per heavy atom. The van der Waals surface area contributed by atoms with E-state index < -0.39 is 0 Å². The number of benzene rings is 2. The molecule has 0 saturated carbocycles. The van der Waals surface area contributed by atoms with Gasteiger partial charge in [0.25, 0.3) is 11.8 Å².